The van der Waals surface area contributed by atoms with E-state index in [1.807, 2.05) is 19.1 Å². The van der Waals surface area contributed by atoms with Gasteiger partial charge in [-0.1, -0.05) is 66.2 Å². The Labute approximate surface area is 231 Å². The number of hydrogen-bond acceptors (Lipinski definition) is 5. The first-order chi connectivity index (χ1) is 19.2. The van der Waals surface area contributed by atoms with E-state index >= 15 is 0 Å². The normalized spacial score (nSPS) is 15.7. The summed E-state index contributed by atoms with van der Waals surface area (Å²) in [5, 5.41) is 12.3. The molecule has 2 unspecified atom stereocenters. The van der Waals surface area contributed by atoms with Crippen molar-refractivity contribution in [2.45, 2.75) is 38.6 Å². The number of hydrogen-bond donors (Lipinski definition) is 2. The molecule has 40 heavy (non-hydrogen) atoms. The molecule has 10 heteroatoms. The second-order valence-electron chi connectivity index (χ2n) is 9.54. The molecule has 4 rings (SSSR count). The molecule has 208 valence electrons. The predicted molar refractivity (Wildman–Crippen MR) is 143 cm³/mol. The van der Waals surface area contributed by atoms with Crippen molar-refractivity contribution in [2.24, 2.45) is 0 Å². The van der Waals surface area contributed by atoms with E-state index in [9.17, 15) is 28.7 Å². The highest BCUT2D eigenvalue weighted by Gasteiger charge is 2.42. The van der Waals surface area contributed by atoms with Gasteiger partial charge in [0.15, 0.2) is 6.17 Å². The van der Waals surface area contributed by atoms with Gasteiger partial charge in [-0.05, 0) is 42.7 Å². The molecule has 1 fully saturated rings. The van der Waals surface area contributed by atoms with Crippen molar-refractivity contribution < 1.29 is 33.4 Å². The smallest absolute Gasteiger partial charge is 0.412 e. The molecule has 1 aliphatic rings. The summed E-state index contributed by atoms with van der Waals surface area (Å²) in [5.74, 6) is -3.16. The average Bonchev–Trinajstić information content (AvgIpc) is 2.95. The van der Waals surface area contributed by atoms with Gasteiger partial charge in [0.2, 0.25) is 0 Å². The maximum absolute atomic E-state index is 13.9. The number of carboxylic acids is 1. The fraction of sp³-hybridized carbons (Fsp3) is 0.267. The van der Waals surface area contributed by atoms with Crippen LogP contribution in [-0.4, -0.2) is 58.0 Å². The summed E-state index contributed by atoms with van der Waals surface area (Å²) >= 11 is 0. The lowest BCUT2D eigenvalue weighted by Gasteiger charge is -2.42. The van der Waals surface area contributed by atoms with Crippen LogP contribution in [0.5, 0.6) is 0 Å². The fourth-order valence-electron chi connectivity index (χ4n) is 4.66. The van der Waals surface area contributed by atoms with Crippen molar-refractivity contribution in [3.63, 3.8) is 0 Å². The standard InChI is InChI=1S/C30H30FN3O6/c1-20-8-5-11-22(16-20)25(18-26(35)36)32-27(37)28-33(29(38)23-12-6-13-24(31)17-23)14-7-15-34(28)30(39)40-19-21-9-3-2-4-10-21/h2-6,8-13,16-17,25,28H,7,14-15,18-19H2,1H3,(H,32,37)(H,35,36). The van der Waals surface area contributed by atoms with Gasteiger partial charge >= 0.3 is 12.1 Å². The number of ether oxygens (including phenoxy) is 1. The molecule has 3 aromatic rings. The van der Waals surface area contributed by atoms with Crippen LogP contribution in [0.4, 0.5) is 9.18 Å². The van der Waals surface area contributed by atoms with E-state index in [2.05, 4.69) is 5.32 Å². The number of benzene rings is 3. The van der Waals surface area contributed by atoms with Crippen molar-refractivity contribution in [2.75, 3.05) is 13.1 Å². The van der Waals surface area contributed by atoms with Gasteiger partial charge in [0, 0.05) is 18.7 Å². The van der Waals surface area contributed by atoms with E-state index in [0.717, 1.165) is 22.1 Å². The highest BCUT2D eigenvalue weighted by molar-refractivity contribution is 5.98. The van der Waals surface area contributed by atoms with Gasteiger partial charge in [-0.3, -0.25) is 19.3 Å². The lowest BCUT2D eigenvalue weighted by molar-refractivity contribution is -0.139. The molecule has 1 aliphatic heterocycles. The zero-order valence-corrected chi connectivity index (χ0v) is 22.0. The largest absolute Gasteiger partial charge is 0.481 e. The van der Waals surface area contributed by atoms with E-state index in [-0.39, 0.29) is 25.3 Å². The first kappa shape index (κ1) is 28.3. The number of nitrogens with zero attached hydrogens (tertiary/aromatic N) is 2. The lowest BCUT2D eigenvalue weighted by atomic mass is 10.0. The monoisotopic (exact) mass is 547 g/mol. The molecule has 2 N–H and O–H groups in total. The Hall–Kier alpha value is -4.73. The molecular weight excluding hydrogens is 517 g/mol. The summed E-state index contributed by atoms with van der Waals surface area (Å²) in [6, 6.07) is 20.2. The third-order valence-electron chi connectivity index (χ3n) is 6.53. The van der Waals surface area contributed by atoms with Crippen LogP contribution in [0.2, 0.25) is 0 Å². The number of amides is 3. The molecule has 1 saturated heterocycles. The first-order valence-electron chi connectivity index (χ1n) is 12.9. The van der Waals surface area contributed by atoms with Crippen molar-refractivity contribution in [1.82, 2.24) is 15.1 Å². The van der Waals surface area contributed by atoms with Crippen LogP contribution in [0.25, 0.3) is 0 Å². The van der Waals surface area contributed by atoms with Crippen LogP contribution >= 0.6 is 0 Å². The molecule has 0 spiro atoms. The van der Waals surface area contributed by atoms with Crippen molar-refractivity contribution in [3.05, 3.63) is 107 Å². The lowest BCUT2D eigenvalue weighted by Crippen LogP contribution is -2.63. The molecule has 0 bridgehead atoms. The Balaban J connectivity index is 1.64. The number of rotatable bonds is 8. The Morgan fingerprint density at radius 1 is 0.975 bits per heavy atom. The van der Waals surface area contributed by atoms with Crippen LogP contribution in [0.3, 0.4) is 0 Å². The van der Waals surface area contributed by atoms with E-state index in [0.29, 0.717) is 12.0 Å². The summed E-state index contributed by atoms with van der Waals surface area (Å²) < 4.78 is 19.4. The number of nitrogens with one attached hydrogen (secondary N) is 1. The molecule has 2 atom stereocenters. The molecule has 9 nitrogen and oxygen atoms in total. The van der Waals surface area contributed by atoms with Crippen LogP contribution in [0.1, 0.15) is 45.9 Å². The Morgan fingerprint density at radius 3 is 2.40 bits per heavy atom. The minimum Gasteiger partial charge on any atom is -0.481 e. The van der Waals surface area contributed by atoms with Gasteiger partial charge in [-0.25, -0.2) is 9.18 Å². The number of carboxylic acid groups (broad SMARTS) is 1. The first-order valence-corrected chi connectivity index (χ1v) is 12.9. The molecule has 1 heterocycles. The number of aryl methyl sites for hydroxylation is 1. The van der Waals surface area contributed by atoms with Gasteiger partial charge in [-0.2, -0.15) is 0 Å². The Bertz CT molecular complexity index is 1380. The number of halogens is 1. The SMILES string of the molecule is Cc1cccc(C(CC(=O)O)NC(=O)C2N(C(=O)OCc3ccccc3)CCCN2C(=O)c2cccc(F)c2)c1. The van der Waals surface area contributed by atoms with Gasteiger partial charge in [-0.15, -0.1) is 0 Å². The van der Waals surface area contributed by atoms with Crippen LogP contribution in [-0.2, 0) is 20.9 Å². The molecule has 0 saturated carbocycles. The minimum atomic E-state index is -1.45. The molecule has 3 amide bonds. The highest BCUT2D eigenvalue weighted by atomic mass is 19.1. The Morgan fingerprint density at radius 2 is 1.70 bits per heavy atom. The summed E-state index contributed by atoms with van der Waals surface area (Å²) in [6.45, 7) is 2.03. The van der Waals surface area contributed by atoms with Gasteiger partial charge in [0.05, 0.1) is 12.5 Å². The summed E-state index contributed by atoms with van der Waals surface area (Å²) in [5.41, 5.74) is 2.18. The van der Waals surface area contributed by atoms with E-state index in [1.165, 1.54) is 23.1 Å². The third-order valence-corrected chi connectivity index (χ3v) is 6.53. The van der Waals surface area contributed by atoms with E-state index in [1.54, 1.807) is 42.5 Å². The molecular formula is C30H30FN3O6. The second-order valence-corrected chi connectivity index (χ2v) is 9.54. The minimum absolute atomic E-state index is 0.0121. The Kier molecular flexibility index (Phi) is 9.11. The number of carbonyl (C=O) groups is 4. The third kappa shape index (κ3) is 7.02. The maximum atomic E-state index is 13.9. The average molecular weight is 548 g/mol. The number of carbonyl (C=O) groups excluding carboxylic acids is 3. The molecule has 0 aromatic heterocycles. The molecule has 0 aliphatic carbocycles. The number of aliphatic carboxylic acids is 1. The van der Waals surface area contributed by atoms with Gasteiger partial charge in [0.1, 0.15) is 12.4 Å². The van der Waals surface area contributed by atoms with Gasteiger partial charge < -0.3 is 20.1 Å². The highest BCUT2D eigenvalue weighted by Crippen LogP contribution is 2.23. The topological polar surface area (TPSA) is 116 Å². The zero-order chi connectivity index (χ0) is 28.6. The van der Waals surface area contributed by atoms with Crippen LogP contribution < -0.4 is 5.32 Å². The van der Waals surface area contributed by atoms with Crippen molar-refractivity contribution in [3.8, 4) is 0 Å². The van der Waals surface area contributed by atoms with Gasteiger partial charge in [0.25, 0.3) is 11.8 Å². The maximum Gasteiger partial charge on any atom is 0.412 e. The quantitative estimate of drug-likeness (QED) is 0.435. The molecule has 3 aromatic carbocycles. The second kappa shape index (κ2) is 12.9. The van der Waals surface area contributed by atoms with Crippen molar-refractivity contribution in [1.29, 1.82) is 0 Å². The molecule has 0 radical (unpaired) electrons. The van der Waals surface area contributed by atoms with Crippen LogP contribution in [0.15, 0.2) is 78.9 Å². The fourth-order valence-corrected chi connectivity index (χ4v) is 4.66. The predicted octanol–water partition coefficient (Wildman–Crippen LogP) is 4.28. The summed E-state index contributed by atoms with van der Waals surface area (Å²) in [4.78, 5) is 54.6. The van der Waals surface area contributed by atoms with Crippen molar-refractivity contribution >= 4 is 23.9 Å². The van der Waals surface area contributed by atoms with Crippen LogP contribution in [0, 0.1) is 12.7 Å². The zero-order valence-electron chi connectivity index (χ0n) is 22.0. The van der Waals surface area contributed by atoms with E-state index in [4.69, 9.17) is 4.74 Å². The van der Waals surface area contributed by atoms with E-state index < -0.39 is 48.3 Å². The summed E-state index contributed by atoms with van der Waals surface area (Å²) in [6.07, 6.45) is -2.33. The summed E-state index contributed by atoms with van der Waals surface area (Å²) in [7, 11) is 0.